The number of pyridine rings is 1. The van der Waals surface area contributed by atoms with Crippen LogP contribution < -0.4 is 24.8 Å². The van der Waals surface area contributed by atoms with Crippen molar-refractivity contribution in [3.05, 3.63) is 48.1 Å². The molecule has 0 radical (unpaired) electrons. The Morgan fingerprint density at radius 1 is 1.00 bits per heavy atom. The van der Waals surface area contributed by atoms with E-state index < -0.39 is 68.2 Å². The molecule has 346 valence electrons. The van der Waals surface area contributed by atoms with Gasteiger partial charge in [-0.1, -0.05) is 43.2 Å². The summed E-state index contributed by atoms with van der Waals surface area (Å²) < 4.78 is 52.7. The number of fused-ring (bicyclic) bond motifs is 6. The van der Waals surface area contributed by atoms with Crippen molar-refractivity contribution in [1.29, 1.82) is 0 Å². The average molecular weight is 903 g/mol. The molecular weight excluding hydrogens is 841 g/mol. The standard InChI is InChI=1S/C47H62N6O10S/c1-46(19-20-46)64(58,59)51-44(56)47-29-32(47)14-7-3-2-4-9-18-37-43(55)53-30-33(28-38(53)41(54)50-47)62-42-35(16-8-5-6-13-31-27-39(31)63-45(57)49-37)40(34-15-10-11-17-36(34)48-42)61-24-12-21-52-22-25-60-26-23-52/h7-8,10-11,14-17,31-33,37-39H,2-6,9,12-13,18-30H2,1H3,(H,49,57)(H,50,54)(H,51,56)/b14-7-,16-8+/t31-,32-,33-,37+,38+,39-,47-/m1/s1. The molecule has 2 aromatic rings. The van der Waals surface area contributed by atoms with Gasteiger partial charge in [0.05, 0.1) is 42.2 Å². The van der Waals surface area contributed by atoms with Gasteiger partial charge in [0.15, 0.2) is 0 Å². The van der Waals surface area contributed by atoms with E-state index in [0.717, 1.165) is 83.2 Å². The summed E-state index contributed by atoms with van der Waals surface area (Å²) >= 11 is 0. The maximum Gasteiger partial charge on any atom is 0.408 e. The van der Waals surface area contributed by atoms with Gasteiger partial charge in [-0.2, -0.15) is 0 Å². The maximum atomic E-state index is 14.8. The number of hydrogen-bond acceptors (Lipinski definition) is 12. The van der Waals surface area contributed by atoms with Crippen LogP contribution in [0.15, 0.2) is 42.5 Å². The highest BCUT2D eigenvalue weighted by atomic mass is 32.2. The Morgan fingerprint density at radius 3 is 2.64 bits per heavy atom. The quantitative estimate of drug-likeness (QED) is 0.243. The second-order valence-electron chi connectivity index (χ2n) is 19.0. The highest BCUT2D eigenvalue weighted by Gasteiger charge is 2.63. The van der Waals surface area contributed by atoms with Gasteiger partial charge in [-0.15, -0.1) is 0 Å². The van der Waals surface area contributed by atoms with E-state index in [4.69, 9.17) is 23.9 Å². The molecule has 5 fully saturated rings. The minimum Gasteiger partial charge on any atom is -0.492 e. The average Bonchev–Trinajstić information content (AvgIpc) is 4.24. The third kappa shape index (κ3) is 9.76. The zero-order chi connectivity index (χ0) is 44.5. The summed E-state index contributed by atoms with van der Waals surface area (Å²) in [5, 5.41) is 6.65. The second kappa shape index (κ2) is 18.6. The predicted octanol–water partition coefficient (Wildman–Crippen LogP) is 4.76. The number of sulfonamides is 1. The summed E-state index contributed by atoms with van der Waals surface area (Å²) in [5.41, 5.74) is -0.196. The van der Waals surface area contributed by atoms with Crippen molar-refractivity contribution in [3.8, 4) is 11.6 Å². The topological polar surface area (TPSA) is 195 Å². The Morgan fingerprint density at radius 2 is 1.81 bits per heavy atom. The molecule has 1 aromatic heterocycles. The molecule has 3 bridgehead atoms. The highest BCUT2D eigenvalue weighted by Crippen LogP contribution is 2.48. The fourth-order valence-corrected chi connectivity index (χ4v) is 11.0. The number of carbonyl (C=O) groups is 4. The van der Waals surface area contributed by atoms with Crippen LogP contribution >= 0.6 is 0 Å². The molecule has 64 heavy (non-hydrogen) atoms. The number of aromatic nitrogens is 1. The molecule has 4 amide bonds. The van der Waals surface area contributed by atoms with Crippen LogP contribution in [0, 0.1) is 11.8 Å². The minimum absolute atomic E-state index is 0.0164. The Labute approximate surface area is 375 Å². The van der Waals surface area contributed by atoms with Gasteiger partial charge in [-0.3, -0.25) is 24.0 Å². The fraction of sp³-hybridized carbons (Fsp3) is 0.638. The second-order valence-corrected chi connectivity index (χ2v) is 21.2. The van der Waals surface area contributed by atoms with Crippen molar-refractivity contribution in [3.63, 3.8) is 0 Å². The van der Waals surface area contributed by atoms with Crippen LogP contribution in [-0.2, 0) is 33.9 Å². The number of para-hydroxylation sites is 1. The van der Waals surface area contributed by atoms with Crippen LogP contribution in [0.4, 0.5) is 4.79 Å². The molecule has 3 N–H and O–H groups in total. The smallest absolute Gasteiger partial charge is 0.408 e. The zero-order valence-corrected chi connectivity index (χ0v) is 37.6. The number of rotatable bonds is 8. The number of hydrogen-bond donors (Lipinski definition) is 3. The molecular formula is C47H62N6O10S. The molecule has 3 saturated carbocycles. The van der Waals surface area contributed by atoms with Gasteiger partial charge in [-0.05, 0) is 102 Å². The number of nitrogens with zero attached hydrogens (tertiary/aromatic N) is 3. The third-order valence-corrected chi connectivity index (χ3v) is 16.4. The van der Waals surface area contributed by atoms with Gasteiger partial charge in [0, 0.05) is 37.4 Å². The van der Waals surface area contributed by atoms with Crippen molar-refractivity contribution >= 4 is 50.8 Å². The number of amides is 4. The van der Waals surface area contributed by atoms with E-state index in [0.29, 0.717) is 61.4 Å². The summed E-state index contributed by atoms with van der Waals surface area (Å²) in [6, 6.07) is 5.64. The third-order valence-electron chi connectivity index (χ3n) is 14.2. The predicted molar refractivity (Wildman–Crippen MR) is 238 cm³/mol. The Balaban J connectivity index is 1.05. The van der Waals surface area contributed by atoms with Crippen molar-refractivity contribution < 1.29 is 46.5 Å². The van der Waals surface area contributed by atoms with Crippen LogP contribution in [0.25, 0.3) is 17.0 Å². The molecule has 7 aliphatic rings. The monoisotopic (exact) mass is 902 g/mol. The molecule has 1 aromatic carbocycles. The van der Waals surface area contributed by atoms with Gasteiger partial charge < -0.3 is 34.5 Å². The van der Waals surface area contributed by atoms with Crippen LogP contribution in [0.1, 0.15) is 102 Å². The zero-order valence-electron chi connectivity index (χ0n) is 36.8. The lowest BCUT2D eigenvalue weighted by molar-refractivity contribution is -0.141. The summed E-state index contributed by atoms with van der Waals surface area (Å²) in [6.45, 7) is 6.14. The lowest BCUT2D eigenvalue weighted by atomic mass is 10.0. The number of nitrogens with one attached hydrogen (secondary N) is 3. The molecule has 0 spiro atoms. The van der Waals surface area contributed by atoms with E-state index in [1.165, 1.54) is 4.90 Å². The van der Waals surface area contributed by atoms with Crippen molar-refractivity contribution in [2.75, 3.05) is 46.0 Å². The van der Waals surface area contributed by atoms with E-state index in [1.54, 1.807) is 6.92 Å². The Kier molecular flexibility index (Phi) is 12.9. The van der Waals surface area contributed by atoms with E-state index >= 15 is 0 Å². The first-order valence-electron chi connectivity index (χ1n) is 23.4. The molecule has 17 heteroatoms. The van der Waals surface area contributed by atoms with Crippen LogP contribution in [0.2, 0.25) is 0 Å². The first-order valence-corrected chi connectivity index (χ1v) is 24.9. The molecule has 5 heterocycles. The summed E-state index contributed by atoms with van der Waals surface area (Å²) in [6.07, 6.45) is 14.8. The normalized spacial score (nSPS) is 32.0. The van der Waals surface area contributed by atoms with E-state index in [-0.39, 0.29) is 31.4 Å². The van der Waals surface area contributed by atoms with Gasteiger partial charge in [0.2, 0.25) is 27.7 Å². The van der Waals surface area contributed by atoms with Gasteiger partial charge in [0.1, 0.15) is 35.6 Å². The summed E-state index contributed by atoms with van der Waals surface area (Å²) in [7, 11) is -4.01. The number of ether oxygens (including phenoxy) is 4. The number of carbonyl (C=O) groups excluding carboxylic acids is 4. The highest BCUT2D eigenvalue weighted by molar-refractivity contribution is 7.91. The van der Waals surface area contributed by atoms with E-state index in [9.17, 15) is 27.6 Å². The molecule has 16 nitrogen and oxygen atoms in total. The van der Waals surface area contributed by atoms with Gasteiger partial charge in [0.25, 0.3) is 5.91 Å². The molecule has 2 saturated heterocycles. The maximum absolute atomic E-state index is 14.8. The molecule has 0 unspecified atom stereocenters. The molecule has 3 aliphatic carbocycles. The van der Waals surface area contributed by atoms with Crippen molar-refractivity contribution in [2.45, 2.75) is 131 Å². The minimum atomic E-state index is -4.01. The first kappa shape index (κ1) is 44.5. The first-order chi connectivity index (χ1) is 30.9. The largest absolute Gasteiger partial charge is 0.492 e. The van der Waals surface area contributed by atoms with E-state index in [1.807, 2.05) is 42.5 Å². The van der Waals surface area contributed by atoms with Crippen molar-refractivity contribution in [1.82, 2.24) is 30.1 Å². The fourth-order valence-electron chi connectivity index (χ4n) is 9.64. The van der Waals surface area contributed by atoms with Gasteiger partial charge >= 0.3 is 6.09 Å². The summed E-state index contributed by atoms with van der Waals surface area (Å²) in [5.74, 6) is -1.13. The Bertz CT molecular complexity index is 2280. The molecule has 7 atom stereocenters. The molecule has 9 rings (SSSR count). The lowest BCUT2D eigenvalue weighted by Gasteiger charge is -2.30. The van der Waals surface area contributed by atoms with E-state index in [2.05, 4.69) is 26.3 Å². The number of benzene rings is 1. The van der Waals surface area contributed by atoms with Gasteiger partial charge in [-0.25, -0.2) is 18.2 Å². The number of morpholine rings is 1. The van der Waals surface area contributed by atoms with Crippen LogP contribution in [-0.4, -0.2) is 128 Å². The van der Waals surface area contributed by atoms with Crippen LogP contribution in [0.5, 0.6) is 11.6 Å². The van der Waals surface area contributed by atoms with Crippen LogP contribution in [0.3, 0.4) is 0 Å². The Hall–Kier alpha value is -4.74. The SMILES string of the molecule is CC1(S(=O)(=O)NC(=O)[C@@]23C[C@H]2/C=C\CCCCC[C@@H]2NC(=O)O[C@@H]4C[C@H]4CCC/C=C/c4c(nc5ccccc5c4OCCCN4CCOCC4)O[C@@H]4C[C@@H](C(=O)N3)N(C4)C2=O)CC1. The lowest BCUT2D eigenvalue weighted by Crippen LogP contribution is -2.58. The number of allylic oxidation sites excluding steroid dienone is 2. The summed E-state index contributed by atoms with van der Waals surface area (Å²) in [4.78, 5) is 65.8. The molecule has 4 aliphatic heterocycles. The number of alkyl carbamates (subject to hydrolysis) is 1. The van der Waals surface area contributed by atoms with Crippen molar-refractivity contribution in [2.24, 2.45) is 11.8 Å².